The number of nitrogens with two attached hydrogens (primary N) is 1. The Bertz CT molecular complexity index is 694. The van der Waals surface area contributed by atoms with Crippen LogP contribution in [0.4, 0.5) is 4.39 Å². The van der Waals surface area contributed by atoms with Gasteiger partial charge < -0.3 is 15.2 Å². The fraction of sp³-hybridized carbons (Fsp3) is 0.188. The molecule has 0 bridgehead atoms. The Balaban J connectivity index is 1.89. The molecule has 0 aromatic heterocycles. The van der Waals surface area contributed by atoms with Crippen molar-refractivity contribution in [1.29, 1.82) is 5.41 Å². The first-order valence-electron chi connectivity index (χ1n) is 6.75. The third-order valence-corrected chi connectivity index (χ3v) is 4.04. The molecule has 2 aromatic rings. The van der Waals surface area contributed by atoms with Crippen LogP contribution in [0, 0.1) is 11.2 Å². The second-order valence-electron chi connectivity index (χ2n) is 4.88. The number of hydrogen-bond acceptors (Lipinski definition) is 4. The van der Waals surface area contributed by atoms with E-state index in [-0.39, 0.29) is 17.6 Å². The average Bonchev–Trinajstić information content (AvgIpc) is 2.53. The van der Waals surface area contributed by atoms with Crippen molar-refractivity contribution in [2.75, 3.05) is 0 Å². The van der Waals surface area contributed by atoms with E-state index < -0.39 is 6.29 Å². The highest BCUT2D eigenvalue weighted by Gasteiger charge is 2.25. The zero-order valence-corrected chi connectivity index (χ0v) is 12.5. The van der Waals surface area contributed by atoms with E-state index in [0.29, 0.717) is 22.6 Å². The molecule has 0 saturated carbocycles. The van der Waals surface area contributed by atoms with Crippen molar-refractivity contribution in [3.05, 3.63) is 65.0 Å². The maximum absolute atomic E-state index is 13.7. The largest absolute Gasteiger partial charge is 0.460 e. The summed E-state index contributed by atoms with van der Waals surface area (Å²) in [7, 11) is 0. The van der Waals surface area contributed by atoms with Gasteiger partial charge in [-0.1, -0.05) is 42.1 Å². The van der Waals surface area contributed by atoms with Gasteiger partial charge in [-0.3, -0.25) is 5.41 Å². The molecule has 1 aliphatic heterocycles. The lowest BCUT2D eigenvalue weighted by molar-refractivity contribution is -0.112. The van der Waals surface area contributed by atoms with E-state index >= 15 is 0 Å². The van der Waals surface area contributed by atoms with Crippen LogP contribution in [0.1, 0.15) is 23.0 Å². The van der Waals surface area contributed by atoms with Gasteiger partial charge in [0.1, 0.15) is 11.6 Å². The third-order valence-electron chi connectivity index (χ3n) is 3.28. The summed E-state index contributed by atoms with van der Waals surface area (Å²) >= 11 is 1.14. The van der Waals surface area contributed by atoms with Crippen LogP contribution < -0.4 is 10.5 Å². The van der Waals surface area contributed by atoms with Crippen molar-refractivity contribution in [3.63, 3.8) is 0 Å². The van der Waals surface area contributed by atoms with Gasteiger partial charge in [-0.25, -0.2) is 4.39 Å². The highest BCUT2D eigenvalue weighted by atomic mass is 32.2. The summed E-state index contributed by atoms with van der Waals surface area (Å²) < 4.78 is 25.3. The Morgan fingerprint density at radius 2 is 2.09 bits per heavy atom. The molecule has 6 heteroatoms. The molecule has 4 nitrogen and oxygen atoms in total. The zero-order chi connectivity index (χ0) is 15.5. The molecular weight excluding hydrogens is 303 g/mol. The van der Waals surface area contributed by atoms with Crippen molar-refractivity contribution in [2.45, 2.75) is 18.6 Å². The molecule has 3 N–H and O–H groups in total. The zero-order valence-electron chi connectivity index (χ0n) is 11.7. The van der Waals surface area contributed by atoms with E-state index in [9.17, 15) is 4.39 Å². The van der Waals surface area contributed by atoms with Gasteiger partial charge in [-0.05, 0) is 12.1 Å². The highest BCUT2D eigenvalue weighted by Crippen LogP contribution is 2.37. The number of benzene rings is 2. The molecule has 114 valence electrons. The van der Waals surface area contributed by atoms with E-state index in [1.165, 1.54) is 12.1 Å². The second-order valence-corrected chi connectivity index (χ2v) is 5.89. The minimum atomic E-state index is -0.514. The summed E-state index contributed by atoms with van der Waals surface area (Å²) in [4.78, 5) is 0. The van der Waals surface area contributed by atoms with E-state index in [4.69, 9.17) is 20.6 Å². The Labute approximate surface area is 131 Å². The van der Waals surface area contributed by atoms with Crippen LogP contribution in [-0.2, 0) is 17.1 Å². The van der Waals surface area contributed by atoms with Crippen LogP contribution in [0.25, 0.3) is 0 Å². The molecule has 1 aliphatic rings. The molecule has 0 amide bonds. The van der Waals surface area contributed by atoms with E-state index in [0.717, 1.165) is 17.3 Å². The standard InChI is InChI=1S/C16H15FN2O2S/c17-13-6-11-8-20-15(10-4-2-1-3-5-10)21-14(11)12(7-13)9-22-16(18)19/h1-7,15H,8-9H2,(H3,18,19). The van der Waals surface area contributed by atoms with Gasteiger partial charge in [0.2, 0.25) is 6.29 Å². The molecule has 0 radical (unpaired) electrons. The van der Waals surface area contributed by atoms with Crippen molar-refractivity contribution in [2.24, 2.45) is 5.73 Å². The molecule has 0 saturated heterocycles. The molecule has 1 unspecified atom stereocenters. The minimum absolute atomic E-state index is 0.00956. The predicted molar refractivity (Wildman–Crippen MR) is 84.2 cm³/mol. The lowest BCUT2D eigenvalue weighted by Crippen LogP contribution is -2.19. The second kappa shape index (κ2) is 6.37. The molecule has 0 fully saturated rings. The van der Waals surface area contributed by atoms with E-state index in [1.54, 1.807) is 0 Å². The number of thioether (sulfide) groups is 1. The van der Waals surface area contributed by atoms with Gasteiger partial charge in [0, 0.05) is 22.4 Å². The predicted octanol–water partition coefficient (Wildman–Crippen LogP) is 3.56. The number of halogens is 1. The SMILES string of the molecule is N=C(N)SCc1cc(F)cc2c1OC(c1ccccc1)OC2. The van der Waals surface area contributed by atoms with Crippen LogP contribution in [0.3, 0.4) is 0 Å². The summed E-state index contributed by atoms with van der Waals surface area (Å²) in [5.41, 5.74) is 7.62. The maximum Gasteiger partial charge on any atom is 0.227 e. The van der Waals surface area contributed by atoms with Gasteiger partial charge in [0.25, 0.3) is 0 Å². The molecule has 22 heavy (non-hydrogen) atoms. The topological polar surface area (TPSA) is 68.3 Å². The lowest BCUT2D eigenvalue weighted by atomic mass is 10.1. The first-order valence-corrected chi connectivity index (χ1v) is 7.73. The molecule has 0 aliphatic carbocycles. The first-order chi connectivity index (χ1) is 10.6. The number of nitrogens with one attached hydrogen (secondary N) is 1. The summed E-state index contributed by atoms with van der Waals surface area (Å²) in [5.74, 6) is 0.662. The third kappa shape index (κ3) is 3.23. The lowest BCUT2D eigenvalue weighted by Gasteiger charge is -2.28. The van der Waals surface area contributed by atoms with Gasteiger partial charge >= 0.3 is 0 Å². The Kier molecular flexibility index (Phi) is 4.31. The summed E-state index contributed by atoms with van der Waals surface area (Å²) in [6, 6.07) is 12.4. The minimum Gasteiger partial charge on any atom is -0.460 e. The van der Waals surface area contributed by atoms with Crippen LogP contribution >= 0.6 is 11.8 Å². The molecule has 1 atom stereocenters. The smallest absolute Gasteiger partial charge is 0.227 e. The summed E-state index contributed by atoms with van der Waals surface area (Å²) in [6.45, 7) is 0.282. The van der Waals surface area contributed by atoms with Gasteiger partial charge in [-0.15, -0.1) is 0 Å². The number of ether oxygens (including phenoxy) is 2. The van der Waals surface area contributed by atoms with Crippen LogP contribution in [-0.4, -0.2) is 5.17 Å². The molecule has 2 aromatic carbocycles. The van der Waals surface area contributed by atoms with E-state index in [2.05, 4.69) is 0 Å². The number of hydrogen-bond donors (Lipinski definition) is 2. The van der Waals surface area contributed by atoms with Gasteiger partial charge in [0.05, 0.1) is 6.61 Å². The Morgan fingerprint density at radius 1 is 1.32 bits per heavy atom. The fourth-order valence-electron chi connectivity index (χ4n) is 2.31. The van der Waals surface area contributed by atoms with Crippen molar-refractivity contribution < 1.29 is 13.9 Å². The monoisotopic (exact) mass is 318 g/mol. The van der Waals surface area contributed by atoms with Crippen molar-refractivity contribution in [1.82, 2.24) is 0 Å². The number of amidine groups is 1. The Morgan fingerprint density at radius 3 is 2.82 bits per heavy atom. The summed E-state index contributed by atoms with van der Waals surface area (Å²) in [5, 5.41) is 7.28. The van der Waals surface area contributed by atoms with E-state index in [1.807, 2.05) is 30.3 Å². The van der Waals surface area contributed by atoms with Crippen molar-refractivity contribution >= 4 is 16.9 Å². The average molecular weight is 318 g/mol. The number of fused-ring (bicyclic) bond motifs is 1. The van der Waals surface area contributed by atoms with Crippen LogP contribution in [0.15, 0.2) is 42.5 Å². The van der Waals surface area contributed by atoms with Gasteiger partial charge in [-0.2, -0.15) is 0 Å². The first kappa shape index (κ1) is 14.9. The fourth-order valence-corrected chi connectivity index (χ4v) is 2.84. The molecule has 0 spiro atoms. The normalized spacial score (nSPS) is 16.7. The maximum atomic E-state index is 13.7. The Hall–Kier alpha value is -2.05. The quantitative estimate of drug-likeness (QED) is 0.671. The number of rotatable bonds is 3. The van der Waals surface area contributed by atoms with Crippen molar-refractivity contribution in [3.8, 4) is 5.75 Å². The van der Waals surface area contributed by atoms with Gasteiger partial charge in [0.15, 0.2) is 5.17 Å². The van der Waals surface area contributed by atoms with Crippen LogP contribution in [0.5, 0.6) is 5.75 Å². The molecular formula is C16H15FN2O2S. The summed E-state index contributed by atoms with van der Waals surface area (Å²) in [6.07, 6.45) is -0.514. The molecule has 3 rings (SSSR count). The van der Waals surface area contributed by atoms with Crippen LogP contribution in [0.2, 0.25) is 0 Å². The molecule has 1 heterocycles. The highest BCUT2D eigenvalue weighted by molar-refractivity contribution is 8.13.